The van der Waals surface area contributed by atoms with Crippen LogP contribution in [0, 0.1) is 5.82 Å². The zero-order chi connectivity index (χ0) is 14.5. The number of nitrogens with two attached hydrogens (primary N) is 1. The summed E-state index contributed by atoms with van der Waals surface area (Å²) in [7, 11) is 1.99. The van der Waals surface area contributed by atoms with Gasteiger partial charge in [0.1, 0.15) is 5.82 Å². The Morgan fingerprint density at radius 1 is 1.15 bits per heavy atom. The fraction of sp³-hybridized carbons (Fsp3) is 0.250. The van der Waals surface area contributed by atoms with Gasteiger partial charge in [-0.05, 0) is 54.4 Å². The molecule has 0 radical (unpaired) electrons. The molecule has 4 heteroatoms. The summed E-state index contributed by atoms with van der Waals surface area (Å²) in [6.45, 7) is 1.24. The SMILES string of the molecule is CN(Cc1ccc(Cl)cc1)c1ccc(F)cc1CCN. The first-order valence-corrected chi connectivity index (χ1v) is 6.92. The number of rotatable bonds is 5. The second kappa shape index (κ2) is 6.73. The van der Waals surface area contributed by atoms with Gasteiger partial charge in [0, 0.05) is 24.3 Å². The number of benzene rings is 2. The minimum atomic E-state index is -0.225. The Balaban J connectivity index is 2.19. The van der Waals surface area contributed by atoms with Crippen molar-refractivity contribution in [1.29, 1.82) is 0 Å². The molecule has 0 unspecified atom stereocenters. The lowest BCUT2D eigenvalue weighted by atomic mass is 10.1. The van der Waals surface area contributed by atoms with Crippen molar-refractivity contribution in [3.8, 4) is 0 Å². The number of hydrogen-bond acceptors (Lipinski definition) is 2. The van der Waals surface area contributed by atoms with E-state index in [1.165, 1.54) is 6.07 Å². The van der Waals surface area contributed by atoms with Crippen molar-refractivity contribution < 1.29 is 4.39 Å². The number of nitrogens with zero attached hydrogens (tertiary/aromatic N) is 1. The van der Waals surface area contributed by atoms with Crippen LogP contribution in [-0.4, -0.2) is 13.6 Å². The molecule has 0 heterocycles. The first kappa shape index (κ1) is 14.8. The zero-order valence-corrected chi connectivity index (χ0v) is 12.2. The maximum atomic E-state index is 13.3. The monoisotopic (exact) mass is 292 g/mol. The molecule has 0 aromatic heterocycles. The number of halogens is 2. The van der Waals surface area contributed by atoms with E-state index in [4.69, 9.17) is 17.3 Å². The van der Waals surface area contributed by atoms with E-state index >= 15 is 0 Å². The summed E-state index contributed by atoms with van der Waals surface area (Å²) in [6, 6.07) is 12.6. The molecule has 0 aliphatic heterocycles. The van der Waals surface area contributed by atoms with Crippen molar-refractivity contribution >= 4 is 17.3 Å². The third-order valence-corrected chi connectivity index (χ3v) is 3.45. The Kier molecular flexibility index (Phi) is 4.99. The van der Waals surface area contributed by atoms with E-state index in [2.05, 4.69) is 4.90 Å². The van der Waals surface area contributed by atoms with E-state index in [-0.39, 0.29) is 5.82 Å². The molecule has 0 atom stereocenters. The van der Waals surface area contributed by atoms with Crippen LogP contribution in [0.1, 0.15) is 11.1 Å². The molecule has 0 aliphatic carbocycles. The van der Waals surface area contributed by atoms with Crippen LogP contribution in [0.2, 0.25) is 5.02 Å². The molecule has 2 aromatic rings. The quantitative estimate of drug-likeness (QED) is 0.912. The predicted molar refractivity (Wildman–Crippen MR) is 82.7 cm³/mol. The van der Waals surface area contributed by atoms with Crippen molar-refractivity contribution in [2.24, 2.45) is 5.73 Å². The Hall–Kier alpha value is -1.58. The standard InChI is InChI=1S/C16H18ClFN2/c1-20(11-12-2-4-14(17)5-3-12)16-7-6-15(18)10-13(16)8-9-19/h2-7,10H,8-9,11,19H2,1H3. The van der Waals surface area contributed by atoms with E-state index in [9.17, 15) is 4.39 Å². The van der Waals surface area contributed by atoms with Gasteiger partial charge in [-0.25, -0.2) is 4.39 Å². The van der Waals surface area contributed by atoms with Crippen molar-refractivity contribution in [3.05, 3.63) is 64.4 Å². The molecule has 20 heavy (non-hydrogen) atoms. The van der Waals surface area contributed by atoms with Crippen LogP contribution in [0.4, 0.5) is 10.1 Å². The highest BCUT2D eigenvalue weighted by atomic mass is 35.5. The van der Waals surface area contributed by atoms with Crippen LogP contribution in [0.3, 0.4) is 0 Å². The summed E-state index contributed by atoms with van der Waals surface area (Å²) < 4.78 is 13.3. The summed E-state index contributed by atoms with van der Waals surface area (Å²) in [6.07, 6.45) is 0.665. The van der Waals surface area contributed by atoms with Gasteiger partial charge in [-0.15, -0.1) is 0 Å². The van der Waals surface area contributed by atoms with Gasteiger partial charge in [0.15, 0.2) is 0 Å². The third kappa shape index (κ3) is 3.71. The van der Waals surface area contributed by atoms with Gasteiger partial charge in [0.25, 0.3) is 0 Å². The number of anilines is 1. The van der Waals surface area contributed by atoms with E-state index in [0.717, 1.165) is 28.4 Å². The normalized spacial score (nSPS) is 10.6. The summed E-state index contributed by atoms with van der Waals surface area (Å²) >= 11 is 5.88. The predicted octanol–water partition coefficient (Wildman–Crippen LogP) is 3.62. The van der Waals surface area contributed by atoms with Crippen LogP contribution in [0.5, 0.6) is 0 Å². The molecule has 0 saturated carbocycles. The molecular formula is C16H18ClFN2. The topological polar surface area (TPSA) is 29.3 Å². The number of hydrogen-bond donors (Lipinski definition) is 1. The summed E-state index contributed by atoms with van der Waals surface area (Å²) in [5.74, 6) is -0.225. The largest absolute Gasteiger partial charge is 0.370 e. The fourth-order valence-corrected chi connectivity index (χ4v) is 2.36. The Labute approximate surface area is 124 Å². The first-order chi connectivity index (χ1) is 9.60. The summed E-state index contributed by atoms with van der Waals surface area (Å²) in [5, 5.41) is 0.724. The molecule has 2 rings (SSSR count). The summed E-state index contributed by atoms with van der Waals surface area (Å²) in [5.41, 5.74) is 8.69. The smallest absolute Gasteiger partial charge is 0.123 e. The van der Waals surface area contributed by atoms with Crippen LogP contribution in [0.15, 0.2) is 42.5 Å². The third-order valence-electron chi connectivity index (χ3n) is 3.20. The molecule has 106 valence electrons. The van der Waals surface area contributed by atoms with E-state index < -0.39 is 0 Å². The minimum absolute atomic E-state index is 0.225. The second-order valence-corrected chi connectivity index (χ2v) is 5.23. The minimum Gasteiger partial charge on any atom is -0.370 e. The van der Waals surface area contributed by atoms with Gasteiger partial charge in [-0.3, -0.25) is 0 Å². The van der Waals surface area contributed by atoms with Gasteiger partial charge < -0.3 is 10.6 Å². The van der Waals surface area contributed by atoms with Crippen molar-refractivity contribution in [2.75, 3.05) is 18.5 Å². The molecule has 0 fully saturated rings. The van der Waals surface area contributed by atoms with Gasteiger partial charge in [0.05, 0.1) is 0 Å². The fourth-order valence-electron chi connectivity index (χ4n) is 2.23. The van der Waals surface area contributed by atoms with Crippen molar-refractivity contribution in [2.45, 2.75) is 13.0 Å². The molecule has 0 aliphatic rings. The van der Waals surface area contributed by atoms with Crippen molar-refractivity contribution in [3.63, 3.8) is 0 Å². The molecule has 0 amide bonds. The highest BCUT2D eigenvalue weighted by Crippen LogP contribution is 2.23. The van der Waals surface area contributed by atoms with Gasteiger partial charge in [0.2, 0.25) is 0 Å². The van der Waals surface area contributed by atoms with Gasteiger partial charge in [-0.2, -0.15) is 0 Å². The summed E-state index contributed by atoms with van der Waals surface area (Å²) in [4.78, 5) is 2.09. The van der Waals surface area contributed by atoms with Gasteiger partial charge >= 0.3 is 0 Å². The Morgan fingerprint density at radius 2 is 1.85 bits per heavy atom. The lowest BCUT2D eigenvalue weighted by molar-refractivity contribution is 0.625. The van der Waals surface area contributed by atoms with Crippen LogP contribution in [0.25, 0.3) is 0 Å². The van der Waals surface area contributed by atoms with Crippen LogP contribution >= 0.6 is 11.6 Å². The zero-order valence-electron chi connectivity index (χ0n) is 11.4. The maximum Gasteiger partial charge on any atom is 0.123 e. The average Bonchev–Trinajstić information content (AvgIpc) is 2.42. The molecule has 0 spiro atoms. The van der Waals surface area contributed by atoms with Crippen LogP contribution < -0.4 is 10.6 Å². The molecule has 2 N–H and O–H groups in total. The Bertz CT molecular complexity index is 569. The molecular weight excluding hydrogens is 275 g/mol. The second-order valence-electron chi connectivity index (χ2n) is 4.79. The highest BCUT2D eigenvalue weighted by molar-refractivity contribution is 6.30. The van der Waals surface area contributed by atoms with Crippen LogP contribution in [-0.2, 0) is 13.0 Å². The molecule has 0 bridgehead atoms. The maximum absolute atomic E-state index is 13.3. The Morgan fingerprint density at radius 3 is 2.50 bits per heavy atom. The van der Waals surface area contributed by atoms with Crippen molar-refractivity contribution in [1.82, 2.24) is 0 Å². The first-order valence-electron chi connectivity index (χ1n) is 6.54. The molecule has 2 nitrogen and oxygen atoms in total. The van der Waals surface area contributed by atoms with E-state index in [1.807, 2.05) is 31.3 Å². The average molecular weight is 293 g/mol. The van der Waals surface area contributed by atoms with Gasteiger partial charge in [-0.1, -0.05) is 23.7 Å². The molecule has 2 aromatic carbocycles. The van der Waals surface area contributed by atoms with E-state index in [1.54, 1.807) is 12.1 Å². The lowest BCUT2D eigenvalue weighted by Crippen LogP contribution is -2.19. The highest BCUT2D eigenvalue weighted by Gasteiger charge is 2.09. The molecule has 0 saturated heterocycles. The van der Waals surface area contributed by atoms with E-state index in [0.29, 0.717) is 13.0 Å². The lowest BCUT2D eigenvalue weighted by Gasteiger charge is -2.22.